The highest BCUT2D eigenvalue weighted by Crippen LogP contribution is 2.29. The summed E-state index contributed by atoms with van der Waals surface area (Å²) in [5, 5.41) is 29.2. The lowest BCUT2D eigenvalue weighted by Gasteiger charge is -2.33. The number of aliphatic hydroxyl groups excluding tert-OH is 2. The molecule has 0 aromatic heterocycles. The van der Waals surface area contributed by atoms with Gasteiger partial charge in [0.1, 0.15) is 12.1 Å². The van der Waals surface area contributed by atoms with Crippen molar-refractivity contribution in [1.29, 1.82) is 0 Å². The van der Waals surface area contributed by atoms with Crippen molar-refractivity contribution in [2.45, 2.75) is 108 Å². The lowest BCUT2D eigenvalue weighted by Crippen LogP contribution is -2.56. The van der Waals surface area contributed by atoms with Crippen molar-refractivity contribution in [3.8, 4) is 24.7 Å². The number of amides is 2. The highest BCUT2D eigenvalue weighted by Gasteiger charge is 2.34. The lowest BCUT2D eigenvalue weighted by molar-refractivity contribution is -0.132. The van der Waals surface area contributed by atoms with Gasteiger partial charge in [0.05, 0.1) is 18.1 Å². The zero-order chi connectivity index (χ0) is 32.3. The molecule has 0 heterocycles. The fourth-order valence-electron chi connectivity index (χ4n) is 5.87. The van der Waals surface area contributed by atoms with Crippen LogP contribution in [0.1, 0.15) is 77.7 Å². The monoisotopic (exact) mass is 620 g/mol. The molecule has 2 aromatic rings. The largest absolute Gasteiger partial charge is 0.389 e. The van der Waals surface area contributed by atoms with Gasteiger partial charge in [-0.05, 0) is 55.9 Å². The molecule has 238 valence electrons. The number of aliphatic hydroxyl groups is 2. The van der Waals surface area contributed by atoms with E-state index in [4.69, 9.17) is 12.8 Å². The highest BCUT2D eigenvalue weighted by atomic mass is 32.2. The summed E-state index contributed by atoms with van der Waals surface area (Å²) in [7, 11) is -1.33. The average molecular weight is 621 g/mol. The van der Waals surface area contributed by atoms with Crippen LogP contribution in [0.2, 0.25) is 0 Å². The lowest BCUT2D eigenvalue weighted by atomic mass is 9.82. The van der Waals surface area contributed by atoms with Gasteiger partial charge in [-0.1, -0.05) is 74.6 Å². The van der Waals surface area contributed by atoms with Gasteiger partial charge in [0.15, 0.2) is 0 Å². The second-order valence-corrected chi connectivity index (χ2v) is 15.2. The first-order valence-corrected chi connectivity index (χ1v) is 16.9. The van der Waals surface area contributed by atoms with Crippen molar-refractivity contribution < 1.29 is 24.0 Å². The van der Waals surface area contributed by atoms with Crippen molar-refractivity contribution in [2.24, 2.45) is 11.8 Å². The van der Waals surface area contributed by atoms with E-state index in [1.54, 1.807) is 0 Å². The molecule has 3 rings (SSSR count). The van der Waals surface area contributed by atoms with Gasteiger partial charge in [0.2, 0.25) is 11.8 Å². The van der Waals surface area contributed by atoms with Gasteiger partial charge in [0, 0.05) is 34.1 Å². The number of carbonyl (C=O) groups excluding carboxylic acids is 2. The molecule has 6 atom stereocenters. The molecule has 2 aromatic carbocycles. The number of fused-ring (bicyclic) bond motifs is 1. The van der Waals surface area contributed by atoms with Crippen LogP contribution in [0.3, 0.4) is 0 Å². The van der Waals surface area contributed by atoms with Crippen molar-refractivity contribution in [2.75, 3.05) is 5.75 Å². The van der Waals surface area contributed by atoms with Gasteiger partial charge in [-0.15, -0.1) is 24.7 Å². The van der Waals surface area contributed by atoms with Crippen LogP contribution in [0.5, 0.6) is 0 Å². The van der Waals surface area contributed by atoms with E-state index in [2.05, 4.69) is 22.5 Å². The van der Waals surface area contributed by atoms with Gasteiger partial charge < -0.3 is 20.8 Å². The van der Waals surface area contributed by atoms with Gasteiger partial charge in [0.25, 0.3) is 0 Å². The van der Waals surface area contributed by atoms with Crippen LogP contribution in [0.4, 0.5) is 0 Å². The number of terminal acetylenes is 2. The predicted molar refractivity (Wildman–Crippen MR) is 178 cm³/mol. The fourth-order valence-corrected chi connectivity index (χ4v) is 7.01. The quantitative estimate of drug-likeness (QED) is 0.236. The van der Waals surface area contributed by atoms with Crippen LogP contribution in [-0.2, 0) is 26.8 Å². The molecule has 1 saturated carbocycles. The Kier molecular flexibility index (Phi) is 13.5. The van der Waals surface area contributed by atoms with E-state index in [9.17, 15) is 24.0 Å². The summed E-state index contributed by atoms with van der Waals surface area (Å²) >= 11 is 0. The van der Waals surface area contributed by atoms with Crippen LogP contribution in [0, 0.1) is 36.5 Å². The van der Waals surface area contributed by atoms with Crippen LogP contribution in [-0.4, -0.2) is 61.0 Å². The Balaban J connectivity index is 1.83. The summed E-state index contributed by atoms with van der Waals surface area (Å²) in [6.45, 7) is 5.62. The second kappa shape index (κ2) is 16.8. The Morgan fingerprint density at radius 2 is 1.61 bits per heavy atom. The molecule has 44 heavy (non-hydrogen) atoms. The smallest absolute Gasteiger partial charge is 0.243 e. The molecule has 8 heteroatoms. The van der Waals surface area contributed by atoms with Crippen molar-refractivity contribution >= 4 is 33.4 Å². The third kappa shape index (κ3) is 10.2. The highest BCUT2D eigenvalue weighted by molar-refractivity contribution is 7.86. The molecule has 4 N–H and O–H groups in total. The van der Waals surface area contributed by atoms with Crippen molar-refractivity contribution in [3.05, 3.63) is 48.0 Å². The Morgan fingerprint density at radius 3 is 2.27 bits per heavy atom. The summed E-state index contributed by atoms with van der Waals surface area (Å²) in [5.41, 5.74) is 0.949. The Bertz CT molecular complexity index is 1360. The van der Waals surface area contributed by atoms with E-state index in [1.807, 2.05) is 63.2 Å². The molecule has 1 unspecified atom stereocenters. The first-order valence-electron chi connectivity index (χ1n) is 15.6. The molecule has 0 spiro atoms. The normalized spacial score (nSPS) is 18.2. The zero-order valence-electron chi connectivity index (χ0n) is 26.3. The van der Waals surface area contributed by atoms with Gasteiger partial charge in [-0.3, -0.25) is 13.8 Å². The van der Waals surface area contributed by atoms with Crippen LogP contribution >= 0.6 is 0 Å². The first-order chi connectivity index (χ1) is 20.9. The van der Waals surface area contributed by atoms with Gasteiger partial charge in [-0.25, -0.2) is 0 Å². The standard InChI is InChI=1S/C36H48N2O5S/c1-6-14-30(35(42)38-31(33(40)32(39)15-7-2)22-25-16-9-8-10-17-25)37-34(41)28(24-44(43)36(3,4)5)23-27-20-13-19-26-18-11-12-21-29(26)27/h1-2,11-13,18-21,25,28,30-33,39-40H,8-10,14-17,22-24H2,3-5H3,(H,37,41)(H,38,42)/t28-,30+,31+,32+,33-,44?/m1/s1. The molecule has 1 aliphatic carbocycles. The Labute approximate surface area is 265 Å². The summed E-state index contributed by atoms with van der Waals surface area (Å²) in [5.74, 6) is 3.62. The Morgan fingerprint density at radius 1 is 0.955 bits per heavy atom. The number of hydrogen-bond donors (Lipinski definition) is 4. The summed E-state index contributed by atoms with van der Waals surface area (Å²) < 4.78 is 12.7. The number of benzene rings is 2. The summed E-state index contributed by atoms with van der Waals surface area (Å²) in [6.07, 6.45) is 14.5. The number of carbonyl (C=O) groups is 2. The molecular weight excluding hydrogens is 572 g/mol. The molecule has 2 amide bonds. The minimum atomic E-state index is -1.33. The van der Waals surface area contributed by atoms with E-state index < -0.39 is 57.6 Å². The maximum Gasteiger partial charge on any atom is 0.243 e. The van der Waals surface area contributed by atoms with Gasteiger partial charge in [-0.2, -0.15) is 0 Å². The summed E-state index contributed by atoms with van der Waals surface area (Å²) in [4.78, 5) is 27.5. The Hall–Kier alpha value is -3.17. The first kappa shape index (κ1) is 35.3. The third-order valence-electron chi connectivity index (χ3n) is 8.48. The van der Waals surface area contributed by atoms with E-state index >= 15 is 0 Å². The van der Waals surface area contributed by atoms with E-state index in [0.29, 0.717) is 18.8 Å². The fraction of sp³-hybridized carbons (Fsp3) is 0.556. The van der Waals surface area contributed by atoms with E-state index in [0.717, 1.165) is 48.4 Å². The molecule has 0 saturated heterocycles. The average Bonchev–Trinajstić information content (AvgIpc) is 3.00. The SMILES string of the molecule is C#CC[C@H](NC(=O)[C@H](Cc1cccc2ccccc12)CS(=O)C(C)(C)C)C(=O)N[C@@H](CC1CCCCC1)[C@@H](O)[C@@H](O)CC#C. The molecule has 1 fully saturated rings. The van der Waals surface area contributed by atoms with Gasteiger partial charge >= 0.3 is 0 Å². The maximum absolute atomic E-state index is 13.9. The molecule has 0 radical (unpaired) electrons. The molecule has 0 bridgehead atoms. The number of hydrogen-bond acceptors (Lipinski definition) is 5. The van der Waals surface area contributed by atoms with Crippen molar-refractivity contribution in [3.63, 3.8) is 0 Å². The maximum atomic E-state index is 13.9. The van der Waals surface area contributed by atoms with Crippen molar-refractivity contribution in [1.82, 2.24) is 10.6 Å². The summed E-state index contributed by atoms with van der Waals surface area (Å²) in [6, 6.07) is 12.0. The van der Waals surface area contributed by atoms with E-state index in [-0.39, 0.29) is 18.6 Å². The third-order valence-corrected chi connectivity index (χ3v) is 10.6. The second-order valence-electron chi connectivity index (χ2n) is 13.0. The van der Waals surface area contributed by atoms with Crippen LogP contribution < -0.4 is 10.6 Å². The number of nitrogens with one attached hydrogen (secondary N) is 2. The predicted octanol–water partition coefficient (Wildman–Crippen LogP) is 4.25. The molecule has 1 aliphatic rings. The number of rotatable bonds is 14. The minimum absolute atomic E-state index is 0.0521. The van der Waals surface area contributed by atoms with Crippen LogP contribution in [0.15, 0.2) is 42.5 Å². The van der Waals surface area contributed by atoms with E-state index in [1.165, 1.54) is 0 Å². The molecular formula is C36H48N2O5S. The van der Waals surface area contributed by atoms with Crippen LogP contribution in [0.25, 0.3) is 10.8 Å². The minimum Gasteiger partial charge on any atom is -0.389 e. The molecule has 7 nitrogen and oxygen atoms in total. The zero-order valence-corrected chi connectivity index (χ0v) is 27.1. The topological polar surface area (TPSA) is 116 Å². The molecule has 0 aliphatic heterocycles.